The minimum atomic E-state index is 0.0592. The minimum absolute atomic E-state index is 0.0592. The van der Waals surface area contributed by atoms with Gasteiger partial charge >= 0.3 is 0 Å². The summed E-state index contributed by atoms with van der Waals surface area (Å²) in [5, 5.41) is 2.80. The van der Waals surface area contributed by atoms with Crippen LogP contribution in [0.2, 0.25) is 0 Å². The second-order valence-electron chi connectivity index (χ2n) is 3.81. The van der Waals surface area contributed by atoms with E-state index in [0.29, 0.717) is 13.1 Å². The molecular weight excluding hydrogens is 208 g/mol. The van der Waals surface area contributed by atoms with Crippen molar-refractivity contribution in [1.29, 1.82) is 0 Å². The Morgan fingerprint density at radius 1 is 1.25 bits per heavy atom. The van der Waals surface area contributed by atoms with Gasteiger partial charge in [-0.25, -0.2) is 0 Å². The fourth-order valence-corrected chi connectivity index (χ4v) is 1.94. The molecule has 0 aromatic heterocycles. The van der Waals surface area contributed by atoms with Crippen molar-refractivity contribution in [2.75, 3.05) is 31.3 Å². The molecule has 1 aromatic rings. The zero-order valence-electron chi connectivity index (χ0n) is 8.73. The van der Waals surface area contributed by atoms with Gasteiger partial charge in [0.25, 0.3) is 0 Å². The van der Waals surface area contributed by atoms with Crippen LogP contribution in [0.5, 0.6) is 11.5 Å². The molecule has 0 atom stereocenters. The zero-order chi connectivity index (χ0) is 11.0. The number of piperazine rings is 1. The number of carbonyl (C=O) groups is 1. The van der Waals surface area contributed by atoms with Gasteiger partial charge < -0.3 is 19.7 Å². The van der Waals surface area contributed by atoms with E-state index < -0.39 is 0 Å². The summed E-state index contributed by atoms with van der Waals surface area (Å²) < 4.78 is 10.5. The zero-order valence-corrected chi connectivity index (χ0v) is 8.73. The first-order valence-electron chi connectivity index (χ1n) is 5.24. The number of anilines is 1. The van der Waals surface area contributed by atoms with Crippen LogP contribution in [0.1, 0.15) is 0 Å². The van der Waals surface area contributed by atoms with Crippen molar-refractivity contribution >= 4 is 11.6 Å². The van der Waals surface area contributed by atoms with Gasteiger partial charge in [0.1, 0.15) is 0 Å². The first-order chi connectivity index (χ1) is 7.83. The van der Waals surface area contributed by atoms with Gasteiger partial charge in [0.15, 0.2) is 11.5 Å². The number of fused-ring (bicyclic) bond motifs is 1. The fraction of sp³-hybridized carbons (Fsp3) is 0.364. The normalized spacial score (nSPS) is 18.5. The highest BCUT2D eigenvalue weighted by atomic mass is 16.7. The summed E-state index contributed by atoms with van der Waals surface area (Å²) in [4.78, 5) is 13.3. The number of nitrogens with zero attached hydrogens (tertiary/aromatic N) is 1. The maximum absolute atomic E-state index is 11.3. The molecular formula is C11H12N2O3. The third kappa shape index (κ3) is 1.54. The molecule has 0 aliphatic carbocycles. The Labute approximate surface area is 92.9 Å². The SMILES string of the molecule is O=C1CN(c2ccc3c(c2)OCO3)CCN1. The minimum Gasteiger partial charge on any atom is -0.454 e. The van der Waals surface area contributed by atoms with Crippen LogP contribution in [0.4, 0.5) is 5.69 Å². The number of benzene rings is 1. The van der Waals surface area contributed by atoms with E-state index in [4.69, 9.17) is 9.47 Å². The van der Waals surface area contributed by atoms with Crippen molar-refractivity contribution in [1.82, 2.24) is 5.32 Å². The second-order valence-corrected chi connectivity index (χ2v) is 3.81. The average molecular weight is 220 g/mol. The van der Waals surface area contributed by atoms with Crippen LogP contribution >= 0.6 is 0 Å². The van der Waals surface area contributed by atoms with E-state index in [-0.39, 0.29) is 12.7 Å². The molecule has 0 radical (unpaired) electrons. The molecule has 5 nitrogen and oxygen atoms in total. The maximum atomic E-state index is 11.3. The van der Waals surface area contributed by atoms with E-state index >= 15 is 0 Å². The van der Waals surface area contributed by atoms with Crippen molar-refractivity contribution in [3.05, 3.63) is 18.2 Å². The summed E-state index contributed by atoms with van der Waals surface area (Å²) in [6.45, 7) is 2.19. The molecule has 1 saturated heterocycles. The first kappa shape index (κ1) is 9.33. The molecule has 0 saturated carbocycles. The first-order valence-corrected chi connectivity index (χ1v) is 5.24. The molecule has 0 unspecified atom stereocenters. The van der Waals surface area contributed by atoms with Gasteiger partial charge in [-0.15, -0.1) is 0 Å². The Morgan fingerprint density at radius 3 is 3.00 bits per heavy atom. The number of rotatable bonds is 1. The van der Waals surface area contributed by atoms with Crippen molar-refractivity contribution in [2.45, 2.75) is 0 Å². The van der Waals surface area contributed by atoms with Crippen molar-refractivity contribution in [3.63, 3.8) is 0 Å². The molecule has 1 aromatic carbocycles. The monoisotopic (exact) mass is 220 g/mol. The smallest absolute Gasteiger partial charge is 0.239 e. The van der Waals surface area contributed by atoms with Crippen LogP contribution in [0.25, 0.3) is 0 Å². The molecule has 0 spiro atoms. The van der Waals surface area contributed by atoms with Gasteiger partial charge in [-0.05, 0) is 12.1 Å². The summed E-state index contributed by atoms with van der Waals surface area (Å²) in [6.07, 6.45) is 0. The van der Waals surface area contributed by atoms with Gasteiger partial charge in [0.05, 0.1) is 6.54 Å². The van der Waals surface area contributed by atoms with Gasteiger partial charge in [0, 0.05) is 24.8 Å². The lowest BCUT2D eigenvalue weighted by molar-refractivity contribution is -0.120. The van der Waals surface area contributed by atoms with E-state index in [1.165, 1.54) is 0 Å². The highest BCUT2D eigenvalue weighted by molar-refractivity contribution is 5.82. The average Bonchev–Trinajstić information content (AvgIpc) is 2.75. The number of ether oxygens (including phenoxy) is 2. The summed E-state index contributed by atoms with van der Waals surface area (Å²) in [7, 11) is 0. The van der Waals surface area contributed by atoms with Crippen LogP contribution < -0.4 is 19.7 Å². The maximum Gasteiger partial charge on any atom is 0.239 e. The summed E-state index contributed by atoms with van der Waals surface area (Å²) in [5.74, 6) is 1.58. The molecule has 1 fully saturated rings. The van der Waals surface area contributed by atoms with Crippen molar-refractivity contribution in [2.24, 2.45) is 0 Å². The molecule has 2 heterocycles. The summed E-state index contributed by atoms with van der Waals surface area (Å²) in [6, 6.07) is 5.75. The predicted molar refractivity (Wildman–Crippen MR) is 57.8 cm³/mol. The van der Waals surface area contributed by atoms with E-state index in [9.17, 15) is 4.79 Å². The lowest BCUT2D eigenvalue weighted by Gasteiger charge is -2.28. The Balaban J connectivity index is 1.86. The largest absolute Gasteiger partial charge is 0.454 e. The number of carbonyl (C=O) groups excluding carboxylic acids is 1. The quantitative estimate of drug-likeness (QED) is 0.742. The fourth-order valence-electron chi connectivity index (χ4n) is 1.94. The van der Waals surface area contributed by atoms with E-state index in [1.807, 2.05) is 23.1 Å². The number of hydrogen-bond donors (Lipinski definition) is 1. The van der Waals surface area contributed by atoms with Crippen LogP contribution in [0.3, 0.4) is 0 Å². The van der Waals surface area contributed by atoms with Crippen LogP contribution in [0.15, 0.2) is 18.2 Å². The van der Waals surface area contributed by atoms with E-state index in [0.717, 1.165) is 23.7 Å². The summed E-state index contributed by atoms with van der Waals surface area (Å²) >= 11 is 0. The Morgan fingerprint density at radius 2 is 2.12 bits per heavy atom. The number of amides is 1. The third-order valence-electron chi connectivity index (χ3n) is 2.76. The van der Waals surface area contributed by atoms with Crippen LogP contribution in [-0.4, -0.2) is 32.3 Å². The predicted octanol–water partition coefficient (Wildman–Crippen LogP) is 0.351. The molecule has 2 aliphatic rings. The van der Waals surface area contributed by atoms with Gasteiger partial charge in [-0.2, -0.15) is 0 Å². The lowest BCUT2D eigenvalue weighted by atomic mass is 10.2. The van der Waals surface area contributed by atoms with Crippen molar-refractivity contribution < 1.29 is 14.3 Å². The second kappa shape index (κ2) is 3.59. The molecule has 16 heavy (non-hydrogen) atoms. The molecule has 1 N–H and O–H groups in total. The number of nitrogens with one attached hydrogen (secondary N) is 1. The number of hydrogen-bond acceptors (Lipinski definition) is 4. The molecule has 84 valence electrons. The third-order valence-corrected chi connectivity index (χ3v) is 2.76. The van der Waals surface area contributed by atoms with Gasteiger partial charge in [0.2, 0.25) is 12.7 Å². The molecule has 2 aliphatic heterocycles. The van der Waals surface area contributed by atoms with Crippen molar-refractivity contribution in [3.8, 4) is 11.5 Å². The highest BCUT2D eigenvalue weighted by Crippen LogP contribution is 2.35. The topological polar surface area (TPSA) is 50.8 Å². The molecule has 5 heteroatoms. The van der Waals surface area contributed by atoms with E-state index in [1.54, 1.807) is 0 Å². The van der Waals surface area contributed by atoms with Gasteiger partial charge in [-0.1, -0.05) is 0 Å². The van der Waals surface area contributed by atoms with Gasteiger partial charge in [-0.3, -0.25) is 4.79 Å². The standard InChI is InChI=1S/C11H12N2O3/c14-11-6-13(4-3-12-11)8-1-2-9-10(5-8)16-7-15-9/h1-2,5H,3-4,6-7H2,(H,12,14). The Hall–Kier alpha value is -1.91. The molecule has 0 bridgehead atoms. The lowest BCUT2D eigenvalue weighted by Crippen LogP contribution is -2.47. The molecule has 3 rings (SSSR count). The highest BCUT2D eigenvalue weighted by Gasteiger charge is 2.19. The summed E-state index contributed by atoms with van der Waals surface area (Å²) in [5.41, 5.74) is 0.999. The Kier molecular flexibility index (Phi) is 2.09. The van der Waals surface area contributed by atoms with Crippen LogP contribution in [0, 0.1) is 0 Å². The van der Waals surface area contributed by atoms with Crippen LogP contribution in [-0.2, 0) is 4.79 Å². The Bertz CT molecular complexity index is 433. The molecule has 1 amide bonds. The van der Waals surface area contributed by atoms with E-state index in [2.05, 4.69) is 5.32 Å².